The van der Waals surface area contributed by atoms with Crippen LogP contribution in [0.1, 0.15) is 44.5 Å². The SMILES string of the molecule is CCN(Cc1ccccc1)c1ccc(N=Nc2snc(C)c2C#N)c(NC(C)C(C)C)c1. The number of hydrogen-bond donors (Lipinski definition) is 1. The largest absolute Gasteiger partial charge is 0.380 e. The fourth-order valence-electron chi connectivity index (χ4n) is 3.18. The van der Waals surface area contributed by atoms with E-state index >= 15 is 0 Å². The lowest BCUT2D eigenvalue weighted by atomic mass is 10.1. The highest BCUT2D eigenvalue weighted by Crippen LogP contribution is 2.35. The third kappa shape index (κ3) is 5.71. The quantitative estimate of drug-likeness (QED) is 0.352. The summed E-state index contributed by atoms with van der Waals surface area (Å²) in [6.45, 7) is 12.2. The number of nitrogens with one attached hydrogen (secondary N) is 1. The molecule has 0 aliphatic rings. The van der Waals surface area contributed by atoms with Crippen LogP contribution in [0.15, 0.2) is 58.8 Å². The van der Waals surface area contributed by atoms with Crippen LogP contribution >= 0.6 is 11.5 Å². The molecule has 0 bridgehead atoms. The van der Waals surface area contributed by atoms with Crippen molar-refractivity contribution in [3.05, 3.63) is 65.4 Å². The van der Waals surface area contributed by atoms with Crippen LogP contribution in [0, 0.1) is 24.2 Å². The van der Waals surface area contributed by atoms with Gasteiger partial charge in [0.2, 0.25) is 0 Å². The Hall–Kier alpha value is -3.24. The highest BCUT2D eigenvalue weighted by Gasteiger charge is 2.14. The molecule has 1 N–H and O–H groups in total. The first kappa shape index (κ1) is 23.4. The molecule has 3 rings (SSSR count). The van der Waals surface area contributed by atoms with Gasteiger partial charge in [-0.2, -0.15) is 9.64 Å². The van der Waals surface area contributed by atoms with Crippen molar-refractivity contribution in [2.24, 2.45) is 16.1 Å². The summed E-state index contributed by atoms with van der Waals surface area (Å²) < 4.78 is 4.23. The lowest BCUT2D eigenvalue weighted by Crippen LogP contribution is -2.23. The van der Waals surface area contributed by atoms with Crippen molar-refractivity contribution in [1.29, 1.82) is 5.26 Å². The van der Waals surface area contributed by atoms with E-state index in [4.69, 9.17) is 0 Å². The molecule has 0 saturated carbocycles. The van der Waals surface area contributed by atoms with Gasteiger partial charge < -0.3 is 10.2 Å². The van der Waals surface area contributed by atoms with Crippen LogP contribution in [-0.2, 0) is 6.54 Å². The Labute approximate surface area is 194 Å². The van der Waals surface area contributed by atoms with Gasteiger partial charge >= 0.3 is 0 Å². The summed E-state index contributed by atoms with van der Waals surface area (Å²) >= 11 is 1.20. The van der Waals surface area contributed by atoms with Crippen molar-refractivity contribution in [1.82, 2.24) is 4.37 Å². The van der Waals surface area contributed by atoms with Gasteiger partial charge in [-0.15, -0.1) is 10.2 Å². The van der Waals surface area contributed by atoms with Crippen molar-refractivity contribution in [2.45, 2.75) is 47.2 Å². The Morgan fingerprint density at radius 3 is 2.53 bits per heavy atom. The van der Waals surface area contributed by atoms with Crippen LogP contribution in [0.3, 0.4) is 0 Å². The van der Waals surface area contributed by atoms with Crippen LogP contribution in [-0.4, -0.2) is 17.0 Å². The summed E-state index contributed by atoms with van der Waals surface area (Å²) in [6.07, 6.45) is 0. The summed E-state index contributed by atoms with van der Waals surface area (Å²) in [5, 5.41) is 22.3. The summed E-state index contributed by atoms with van der Waals surface area (Å²) in [7, 11) is 0. The zero-order valence-electron chi connectivity index (χ0n) is 19.3. The maximum absolute atomic E-state index is 9.36. The van der Waals surface area contributed by atoms with E-state index in [-0.39, 0.29) is 6.04 Å². The minimum Gasteiger partial charge on any atom is -0.380 e. The van der Waals surface area contributed by atoms with Crippen LogP contribution in [0.2, 0.25) is 0 Å². The molecule has 0 spiro atoms. The molecule has 0 radical (unpaired) electrons. The van der Waals surface area contributed by atoms with E-state index in [1.54, 1.807) is 0 Å². The second-order valence-corrected chi connectivity index (χ2v) is 8.89. The smallest absolute Gasteiger partial charge is 0.176 e. The van der Waals surface area contributed by atoms with Gasteiger partial charge in [0.05, 0.1) is 11.4 Å². The third-order valence-electron chi connectivity index (χ3n) is 5.53. The van der Waals surface area contributed by atoms with E-state index in [9.17, 15) is 5.26 Å². The Morgan fingerprint density at radius 2 is 1.88 bits per heavy atom. The molecular formula is C25H30N6S. The van der Waals surface area contributed by atoms with Gasteiger partial charge in [-0.3, -0.25) is 0 Å². The van der Waals surface area contributed by atoms with Crippen molar-refractivity contribution in [3.63, 3.8) is 0 Å². The van der Waals surface area contributed by atoms with E-state index in [0.29, 0.717) is 22.2 Å². The number of aromatic nitrogens is 1. The van der Waals surface area contributed by atoms with E-state index < -0.39 is 0 Å². The highest BCUT2D eigenvalue weighted by molar-refractivity contribution is 7.10. The number of benzene rings is 2. The van der Waals surface area contributed by atoms with Crippen molar-refractivity contribution in [3.8, 4) is 6.07 Å². The number of nitriles is 1. The number of rotatable bonds is 9. The van der Waals surface area contributed by atoms with Gasteiger partial charge in [0, 0.05) is 24.8 Å². The molecule has 7 heteroatoms. The van der Waals surface area contributed by atoms with Crippen LogP contribution in [0.25, 0.3) is 0 Å². The van der Waals surface area contributed by atoms with E-state index in [2.05, 4.69) is 95.0 Å². The average molecular weight is 447 g/mol. The number of azo groups is 1. The predicted molar refractivity (Wildman–Crippen MR) is 133 cm³/mol. The van der Waals surface area contributed by atoms with Crippen LogP contribution in [0.4, 0.5) is 22.1 Å². The first-order valence-electron chi connectivity index (χ1n) is 10.9. The molecule has 1 unspecified atom stereocenters. The normalized spacial score (nSPS) is 12.2. The summed E-state index contributed by atoms with van der Waals surface area (Å²) in [5.74, 6) is 0.462. The molecule has 32 heavy (non-hydrogen) atoms. The Kier molecular flexibility index (Phi) is 7.96. The van der Waals surface area contributed by atoms with E-state index in [1.807, 2.05) is 19.1 Å². The molecule has 166 valence electrons. The first-order chi connectivity index (χ1) is 15.4. The van der Waals surface area contributed by atoms with Crippen molar-refractivity contribution in [2.75, 3.05) is 16.8 Å². The molecule has 0 aliphatic carbocycles. The molecule has 3 aromatic rings. The molecule has 6 nitrogen and oxygen atoms in total. The minimum absolute atomic E-state index is 0.267. The number of nitrogens with zero attached hydrogens (tertiary/aromatic N) is 5. The Morgan fingerprint density at radius 1 is 1.12 bits per heavy atom. The molecular weight excluding hydrogens is 416 g/mol. The lowest BCUT2D eigenvalue weighted by Gasteiger charge is -2.26. The summed E-state index contributed by atoms with van der Waals surface area (Å²) in [4.78, 5) is 2.34. The van der Waals surface area contributed by atoms with Gasteiger partial charge in [0.25, 0.3) is 0 Å². The third-order valence-corrected chi connectivity index (χ3v) is 6.36. The second-order valence-electron chi connectivity index (χ2n) is 8.14. The highest BCUT2D eigenvalue weighted by atomic mass is 32.1. The number of anilines is 2. The molecule has 1 aromatic heterocycles. The van der Waals surface area contributed by atoms with Gasteiger partial charge in [-0.1, -0.05) is 44.2 Å². The van der Waals surface area contributed by atoms with Crippen LogP contribution in [0.5, 0.6) is 0 Å². The van der Waals surface area contributed by atoms with Crippen molar-refractivity contribution >= 4 is 33.6 Å². The monoisotopic (exact) mass is 446 g/mol. The van der Waals surface area contributed by atoms with Gasteiger partial charge in [-0.05, 0) is 62.0 Å². The number of aryl methyl sites for hydroxylation is 1. The molecule has 1 atom stereocenters. The van der Waals surface area contributed by atoms with Crippen LogP contribution < -0.4 is 10.2 Å². The molecule has 2 aromatic carbocycles. The van der Waals surface area contributed by atoms with E-state index in [1.165, 1.54) is 17.1 Å². The Balaban J connectivity index is 1.94. The maximum Gasteiger partial charge on any atom is 0.176 e. The molecule has 0 aliphatic heterocycles. The van der Waals surface area contributed by atoms with Gasteiger partial charge in [0.15, 0.2) is 5.00 Å². The maximum atomic E-state index is 9.36. The topological polar surface area (TPSA) is 76.7 Å². The minimum atomic E-state index is 0.267. The summed E-state index contributed by atoms with van der Waals surface area (Å²) in [6, 6.07) is 19.1. The van der Waals surface area contributed by atoms with Gasteiger partial charge in [0.1, 0.15) is 17.3 Å². The van der Waals surface area contributed by atoms with E-state index in [0.717, 1.165) is 30.2 Å². The predicted octanol–water partition coefficient (Wildman–Crippen LogP) is 7.22. The first-order valence-corrected chi connectivity index (χ1v) is 11.7. The second kappa shape index (κ2) is 10.9. The lowest BCUT2D eigenvalue weighted by molar-refractivity contribution is 0.560. The fraction of sp³-hybridized carbons (Fsp3) is 0.360. The summed E-state index contributed by atoms with van der Waals surface area (Å²) in [5.41, 5.74) is 5.24. The fourth-order valence-corrected chi connectivity index (χ4v) is 3.86. The Bertz CT molecular complexity index is 1100. The standard InChI is InChI=1S/C25H30N6S/c1-6-31(16-20-10-8-7-9-11-20)21-12-13-23(24(14-21)27-18(4)17(2)3)28-29-25-22(15-26)19(5)30-32-25/h7-14,17-18,27H,6,16H2,1-5H3. The molecule has 1 heterocycles. The zero-order chi connectivity index (χ0) is 23.1. The molecule has 0 amide bonds. The zero-order valence-corrected chi connectivity index (χ0v) is 20.1. The average Bonchev–Trinajstić information content (AvgIpc) is 3.16. The molecule has 0 saturated heterocycles. The number of hydrogen-bond acceptors (Lipinski definition) is 7. The molecule has 0 fully saturated rings. The van der Waals surface area contributed by atoms with Gasteiger partial charge in [-0.25, -0.2) is 0 Å². The van der Waals surface area contributed by atoms with Crippen molar-refractivity contribution < 1.29 is 0 Å².